The van der Waals surface area contributed by atoms with Crippen molar-refractivity contribution in [2.45, 2.75) is 6.42 Å². The van der Waals surface area contributed by atoms with Gasteiger partial charge in [0.25, 0.3) is 11.8 Å². The molecule has 0 saturated heterocycles. The monoisotopic (exact) mass is 433 g/mol. The van der Waals surface area contributed by atoms with E-state index in [9.17, 15) is 9.59 Å². The van der Waals surface area contributed by atoms with Gasteiger partial charge in [-0.3, -0.25) is 9.59 Å². The van der Waals surface area contributed by atoms with E-state index in [-0.39, 0.29) is 11.8 Å². The van der Waals surface area contributed by atoms with Crippen LogP contribution in [0.25, 0.3) is 22.8 Å². The molecule has 0 fully saturated rings. The molecular weight excluding hydrogens is 418 g/mol. The van der Waals surface area contributed by atoms with Gasteiger partial charge >= 0.3 is 0 Å². The Kier molecular flexibility index (Phi) is 3.94. The number of amides is 2. The standard InChI is InChI=1S/C22H16BrN3O2/c23-13-6-7-16-14(10-13)15(21(27)26-16)11-18-19(12-4-2-1-3-5-12)20-17(25-18)8-9-24-22(20)28/h1-7,10-11,25H,8-9H2,(H,24,28)(H,26,27)/b15-11-. The highest BCUT2D eigenvalue weighted by molar-refractivity contribution is 9.10. The van der Waals surface area contributed by atoms with Gasteiger partial charge in [-0.2, -0.15) is 0 Å². The summed E-state index contributed by atoms with van der Waals surface area (Å²) in [5.74, 6) is -0.232. The third-order valence-electron chi connectivity index (χ3n) is 5.11. The van der Waals surface area contributed by atoms with Gasteiger partial charge in [0.1, 0.15) is 0 Å². The summed E-state index contributed by atoms with van der Waals surface area (Å²) in [5, 5.41) is 5.83. The Labute approximate surface area is 170 Å². The zero-order chi connectivity index (χ0) is 19.3. The summed E-state index contributed by atoms with van der Waals surface area (Å²) in [7, 11) is 0. The van der Waals surface area contributed by atoms with Crippen molar-refractivity contribution in [2.75, 3.05) is 11.9 Å². The van der Waals surface area contributed by atoms with Gasteiger partial charge in [-0.1, -0.05) is 46.3 Å². The van der Waals surface area contributed by atoms with Crippen molar-refractivity contribution in [3.63, 3.8) is 0 Å². The summed E-state index contributed by atoms with van der Waals surface area (Å²) in [4.78, 5) is 28.6. The van der Waals surface area contributed by atoms with Crippen LogP contribution in [-0.2, 0) is 11.2 Å². The highest BCUT2D eigenvalue weighted by atomic mass is 79.9. The second-order valence-electron chi connectivity index (χ2n) is 6.84. The lowest BCUT2D eigenvalue weighted by Gasteiger charge is -2.13. The van der Waals surface area contributed by atoms with Crippen LogP contribution in [0.3, 0.4) is 0 Å². The number of hydrogen-bond donors (Lipinski definition) is 3. The Hall–Kier alpha value is -3.12. The highest BCUT2D eigenvalue weighted by Crippen LogP contribution is 2.38. The minimum absolute atomic E-state index is 0.0833. The molecule has 0 saturated carbocycles. The number of hydrogen-bond acceptors (Lipinski definition) is 2. The van der Waals surface area contributed by atoms with Crippen LogP contribution >= 0.6 is 15.9 Å². The number of halogens is 1. The second-order valence-corrected chi connectivity index (χ2v) is 7.76. The molecule has 0 spiro atoms. The zero-order valence-corrected chi connectivity index (χ0v) is 16.4. The number of aromatic amines is 1. The maximum Gasteiger partial charge on any atom is 0.256 e. The van der Waals surface area contributed by atoms with E-state index < -0.39 is 0 Å². The molecule has 3 aromatic rings. The quantitative estimate of drug-likeness (QED) is 0.529. The summed E-state index contributed by atoms with van der Waals surface area (Å²) in [6.45, 7) is 0.604. The zero-order valence-electron chi connectivity index (χ0n) is 14.8. The van der Waals surface area contributed by atoms with Crippen LogP contribution in [0.5, 0.6) is 0 Å². The summed E-state index contributed by atoms with van der Waals surface area (Å²) >= 11 is 3.48. The molecule has 2 aliphatic heterocycles. The number of fused-ring (bicyclic) bond motifs is 2. The molecule has 0 aliphatic carbocycles. The minimum atomic E-state index is -0.149. The van der Waals surface area contributed by atoms with E-state index in [2.05, 4.69) is 31.5 Å². The fourth-order valence-electron chi connectivity index (χ4n) is 3.86. The molecule has 2 aromatic carbocycles. The number of carbonyl (C=O) groups excluding carboxylic acids is 2. The molecule has 0 radical (unpaired) electrons. The second kappa shape index (κ2) is 6.49. The Morgan fingerprint density at radius 2 is 1.79 bits per heavy atom. The molecule has 3 N–H and O–H groups in total. The number of H-pyrrole nitrogens is 1. The van der Waals surface area contributed by atoms with Gasteiger partial charge in [-0.25, -0.2) is 0 Å². The summed E-state index contributed by atoms with van der Waals surface area (Å²) in [5.41, 5.74) is 6.32. The minimum Gasteiger partial charge on any atom is -0.358 e. The molecule has 0 atom stereocenters. The number of nitrogens with one attached hydrogen (secondary N) is 3. The van der Waals surface area contributed by atoms with Crippen molar-refractivity contribution in [3.05, 3.63) is 75.5 Å². The van der Waals surface area contributed by atoms with Crippen LogP contribution in [0.4, 0.5) is 5.69 Å². The van der Waals surface area contributed by atoms with E-state index in [1.165, 1.54) is 0 Å². The smallest absolute Gasteiger partial charge is 0.256 e. The molecule has 0 unspecified atom stereocenters. The predicted molar refractivity (Wildman–Crippen MR) is 113 cm³/mol. The molecule has 0 bridgehead atoms. The van der Waals surface area contributed by atoms with Gasteiger partial charge in [0.05, 0.1) is 11.1 Å². The Morgan fingerprint density at radius 1 is 0.964 bits per heavy atom. The molecule has 5 rings (SSSR count). The fourth-order valence-corrected chi connectivity index (χ4v) is 4.22. The number of rotatable bonds is 2. The number of benzene rings is 2. The molecule has 2 amide bonds. The summed E-state index contributed by atoms with van der Waals surface area (Å²) in [6.07, 6.45) is 2.58. The Balaban J connectivity index is 1.74. The van der Waals surface area contributed by atoms with Gasteiger partial charge in [0, 0.05) is 45.6 Å². The van der Waals surface area contributed by atoms with Crippen molar-refractivity contribution < 1.29 is 9.59 Å². The molecule has 5 nitrogen and oxygen atoms in total. The Morgan fingerprint density at radius 3 is 2.61 bits per heavy atom. The van der Waals surface area contributed by atoms with E-state index in [1.54, 1.807) is 0 Å². The number of aromatic nitrogens is 1. The van der Waals surface area contributed by atoms with Crippen molar-refractivity contribution in [1.82, 2.24) is 10.3 Å². The average molecular weight is 434 g/mol. The van der Waals surface area contributed by atoms with Gasteiger partial charge < -0.3 is 15.6 Å². The van der Waals surface area contributed by atoms with Crippen LogP contribution in [-0.4, -0.2) is 23.3 Å². The highest BCUT2D eigenvalue weighted by Gasteiger charge is 2.29. The SMILES string of the molecule is O=C1Nc2ccc(Br)cc2/C1=C/c1[nH]c2c(c1-c1ccccc1)C(=O)NCC2. The molecule has 138 valence electrons. The summed E-state index contributed by atoms with van der Waals surface area (Å²) < 4.78 is 0.905. The van der Waals surface area contributed by atoms with E-state index in [0.29, 0.717) is 17.7 Å². The third kappa shape index (κ3) is 2.68. The van der Waals surface area contributed by atoms with Crippen molar-refractivity contribution >= 4 is 45.1 Å². The van der Waals surface area contributed by atoms with E-state index >= 15 is 0 Å². The van der Waals surface area contributed by atoms with Crippen molar-refractivity contribution in [1.29, 1.82) is 0 Å². The molecule has 28 heavy (non-hydrogen) atoms. The van der Waals surface area contributed by atoms with Crippen LogP contribution < -0.4 is 10.6 Å². The predicted octanol–water partition coefficient (Wildman–Crippen LogP) is 4.22. The fraction of sp³-hybridized carbons (Fsp3) is 0.0909. The first-order valence-electron chi connectivity index (χ1n) is 9.03. The van der Waals surface area contributed by atoms with Crippen LogP contribution in [0.1, 0.15) is 27.3 Å². The molecule has 1 aromatic heterocycles. The van der Waals surface area contributed by atoms with Gasteiger partial charge in [0.15, 0.2) is 0 Å². The van der Waals surface area contributed by atoms with Crippen molar-refractivity contribution in [2.24, 2.45) is 0 Å². The topological polar surface area (TPSA) is 74.0 Å². The van der Waals surface area contributed by atoms with Gasteiger partial charge in [-0.05, 0) is 29.8 Å². The number of carbonyl (C=O) groups is 2. The third-order valence-corrected chi connectivity index (χ3v) is 5.60. The van der Waals surface area contributed by atoms with Crippen LogP contribution in [0.15, 0.2) is 53.0 Å². The first-order valence-corrected chi connectivity index (χ1v) is 9.82. The van der Waals surface area contributed by atoms with E-state index in [4.69, 9.17) is 0 Å². The largest absolute Gasteiger partial charge is 0.358 e. The van der Waals surface area contributed by atoms with Crippen molar-refractivity contribution in [3.8, 4) is 11.1 Å². The van der Waals surface area contributed by atoms with E-state index in [0.717, 1.165) is 44.7 Å². The van der Waals surface area contributed by atoms with Crippen LogP contribution in [0, 0.1) is 0 Å². The Bertz CT molecular complexity index is 1160. The van der Waals surface area contributed by atoms with E-state index in [1.807, 2.05) is 54.6 Å². The lowest BCUT2D eigenvalue weighted by Crippen LogP contribution is -2.31. The first kappa shape index (κ1) is 17.0. The lowest BCUT2D eigenvalue weighted by molar-refractivity contribution is -0.110. The maximum absolute atomic E-state index is 12.6. The number of anilines is 1. The van der Waals surface area contributed by atoms with Gasteiger partial charge in [-0.15, -0.1) is 0 Å². The van der Waals surface area contributed by atoms with Gasteiger partial charge in [0.2, 0.25) is 0 Å². The molecule has 6 heteroatoms. The normalized spacial score (nSPS) is 16.5. The molecule has 3 heterocycles. The summed E-state index contributed by atoms with van der Waals surface area (Å²) in [6, 6.07) is 15.5. The average Bonchev–Trinajstić information content (AvgIpc) is 3.21. The molecule has 2 aliphatic rings. The molecular formula is C22H16BrN3O2. The lowest BCUT2D eigenvalue weighted by atomic mass is 9.96. The van der Waals surface area contributed by atoms with Crippen LogP contribution in [0.2, 0.25) is 0 Å². The maximum atomic E-state index is 12.6. The first-order chi connectivity index (χ1) is 13.6.